The van der Waals surface area contributed by atoms with Crippen LogP contribution in [-0.4, -0.2) is 58.7 Å². The lowest BCUT2D eigenvalue weighted by molar-refractivity contribution is -0.505. The largest absolute Gasteiger partial charge is 0.344 e. The fraction of sp³-hybridized carbons (Fsp3) is 0.395. The lowest BCUT2D eigenvalue weighted by atomic mass is 9.82. The van der Waals surface area contributed by atoms with Crippen LogP contribution in [0, 0.1) is 0 Å². The van der Waals surface area contributed by atoms with Gasteiger partial charge in [-0.1, -0.05) is 76.2 Å². The Morgan fingerprint density at radius 1 is 0.723 bits per heavy atom. The maximum atomic E-state index is 12.6. The molecular weight excluding hydrogens is 590 g/mol. The predicted molar refractivity (Wildman–Crippen MR) is 186 cm³/mol. The zero-order valence-corrected chi connectivity index (χ0v) is 28.4. The molecule has 1 aliphatic carbocycles. The van der Waals surface area contributed by atoms with Crippen molar-refractivity contribution >= 4 is 28.9 Å². The summed E-state index contributed by atoms with van der Waals surface area (Å²) in [6.07, 6.45) is 11.0. The van der Waals surface area contributed by atoms with Crippen molar-refractivity contribution in [1.82, 2.24) is 11.0 Å². The third-order valence-electron chi connectivity index (χ3n) is 9.85. The quantitative estimate of drug-likeness (QED) is 0.163. The Labute approximate surface area is 278 Å². The number of hydrogen-bond acceptors (Lipinski definition) is 6. The summed E-state index contributed by atoms with van der Waals surface area (Å²) in [6, 6.07) is 17.0. The summed E-state index contributed by atoms with van der Waals surface area (Å²) in [5.41, 5.74) is 13.0. The molecule has 3 aliphatic rings. The topological polar surface area (TPSA) is 108 Å². The molecule has 1 fully saturated rings. The Balaban J connectivity index is 1.68. The molecule has 9 heteroatoms. The van der Waals surface area contributed by atoms with Gasteiger partial charge < -0.3 is 9.80 Å². The Morgan fingerprint density at radius 2 is 1.13 bits per heavy atom. The van der Waals surface area contributed by atoms with E-state index in [0.717, 1.165) is 49.2 Å². The number of benzene rings is 2. The van der Waals surface area contributed by atoms with E-state index in [-0.39, 0.29) is 23.9 Å². The minimum atomic E-state index is -0.654. The number of likely N-dealkylation sites (N-methyl/N-ethyl adjacent to an activating group) is 2. The second kappa shape index (κ2) is 13.7. The van der Waals surface area contributed by atoms with Gasteiger partial charge in [-0.3, -0.25) is 20.0 Å². The summed E-state index contributed by atoms with van der Waals surface area (Å²) < 4.78 is 1.64. The molecule has 2 heterocycles. The molecule has 0 unspecified atom stereocenters. The standard InChI is InChI=1S/C38H47N5O4/c1-7-42-30-18-11-9-16-28(30)37(3,4)32(42)22-20-26-14-13-15-27(36(26)41(24-34(44)39-46)25-35(45)40-47)21-23-33-38(5,6)29-17-10-12-19-31(29)43(33)8-2/h9-12,16-23H,7-8,13-15,24-25H2,1-6H3,(H3-,39,40,44,45,46,47)/p+1. The average molecular weight is 639 g/mol. The van der Waals surface area contributed by atoms with Gasteiger partial charge in [-0.25, -0.2) is 15.5 Å². The van der Waals surface area contributed by atoms with Gasteiger partial charge in [-0.2, -0.15) is 0 Å². The van der Waals surface area contributed by atoms with Crippen molar-refractivity contribution in [3.63, 3.8) is 0 Å². The maximum Gasteiger partial charge on any atom is 0.308 e. The first-order valence-electron chi connectivity index (χ1n) is 16.5. The highest BCUT2D eigenvalue weighted by Crippen LogP contribution is 2.48. The molecule has 0 aromatic heterocycles. The smallest absolute Gasteiger partial charge is 0.308 e. The highest BCUT2D eigenvalue weighted by molar-refractivity contribution is 6.10. The molecule has 2 aromatic rings. The fourth-order valence-electron chi connectivity index (χ4n) is 7.60. The number of nitrogens with zero attached hydrogens (tertiary/aromatic N) is 3. The van der Waals surface area contributed by atoms with Crippen molar-refractivity contribution in [3.05, 3.63) is 107 Å². The third-order valence-corrected chi connectivity index (χ3v) is 9.85. The fourth-order valence-corrected chi connectivity index (χ4v) is 7.60. The molecule has 2 aromatic carbocycles. The SMILES string of the molecule is CCN1C(=CC=C2CCC/C(=C\C=C3\N(CC)c4ccccc4C3(C)C)C2=[N+](CC(=O)NO)CC(=O)NO)C(C)(C)c2ccccc21. The van der Waals surface area contributed by atoms with Gasteiger partial charge >= 0.3 is 11.8 Å². The summed E-state index contributed by atoms with van der Waals surface area (Å²) in [5.74, 6) is -1.31. The summed E-state index contributed by atoms with van der Waals surface area (Å²) in [4.78, 5) is 29.8. The summed E-state index contributed by atoms with van der Waals surface area (Å²) >= 11 is 0. The van der Waals surface area contributed by atoms with Crippen LogP contribution >= 0.6 is 0 Å². The van der Waals surface area contributed by atoms with Crippen molar-refractivity contribution in [2.75, 3.05) is 36.0 Å². The Hall–Kier alpha value is -4.47. The predicted octanol–water partition coefficient (Wildman–Crippen LogP) is 5.89. The summed E-state index contributed by atoms with van der Waals surface area (Å²) in [7, 11) is 0. The van der Waals surface area contributed by atoms with E-state index >= 15 is 0 Å². The van der Waals surface area contributed by atoms with E-state index in [0.29, 0.717) is 0 Å². The van der Waals surface area contributed by atoms with Crippen molar-refractivity contribution in [1.29, 1.82) is 0 Å². The molecule has 4 N–H and O–H groups in total. The first-order chi connectivity index (χ1) is 22.5. The van der Waals surface area contributed by atoms with Crippen LogP contribution in [0.1, 0.15) is 71.9 Å². The number of para-hydroxylation sites is 2. The van der Waals surface area contributed by atoms with Crippen molar-refractivity contribution in [3.8, 4) is 0 Å². The number of hydroxylamine groups is 2. The molecule has 5 rings (SSSR count). The summed E-state index contributed by atoms with van der Waals surface area (Å²) in [5, 5.41) is 18.9. The van der Waals surface area contributed by atoms with E-state index in [9.17, 15) is 20.0 Å². The molecule has 0 bridgehead atoms. The van der Waals surface area contributed by atoms with E-state index < -0.39 is 11.8 Å². The highest BCUT2D eigenvalue weighted by atomic mass is 16.5. The van der Waals surface area contributed by atoms with Gasteiger partial charge in [0.15, 0.2) is 0 Å². The van der Waals surface area contributed by atoms with Gasteiger partial charge in [-0.15, -0.1) is 0 Å². The minimum absolute atomic E-state index is 0.221. The van der Waals surface area contributed by atoms with E-state index in [1.807, 2.05) is 0 Å². The number of rotatable bonds is 8. The van der Waals surface area contributed by atoms with Gasteiger partial charge in [0.1, 0.15) is 0 Å². The van der Waals surface area contributed by atoms with Crippen LogP contribution in [-0.2, 0) is 20.4 Å². The van der Waals surface area contributed by atoms with E-state index in [1.165, 1.54) is 33.9 Å². The zero-order chi connectivity index (χ0) is 33.9. The second-order valence-corrected chi connectivity index (χ2v) is 13.4. The highest BCUT2D eigenvalue weighted by Gasteiger charge is 2.40. The van der Waals surface area contributed by atoms with Gasteiger partial charge in [0, 0.05) is 57.8 Å². The van der Waals surface area contributed by atoms with E-state index in [1.54, 1.807) is 15.5 Å². The van der Waals surface area contributed by atoms with Crippen molar-refractivity contribution in [2.45, 2.75) is 71.6 Å². The molecule has 2 aliphatic heterocycles. The minimum Gasteiger partial charge on any atom is -0.344 e. The molecule has 9 nitrogen and oxygen atoms in total. The van der Waals surface area contributed by atoms with Crippen LogP contribution in [0.25, 0.3) is 0 Å². The molecule has 1 saturated carbocycles. The third kappa shape index (κ3) is 6.30. The van der Waals surface area contributed by atoms with E-state index in [2.05, 4.69) is 124 Å². The maximum absolute atomic E-state index is 12.6. The molecule has 0 atom stereocenters. The first-order valence-corrected chi connectivity index (χ1v) is 16.5. The van der Waals surface area contributed by atoms with Gasteiger partial charge in [0.05, 0.1) is 0 Å². The number of fused-ring (bicyclic) bond motifs is 2. The Kier molecular flexibility index (Phi) is 9.89. The molecule has 0 saturated heterocycles. The number of hydrogen-bond donors (Lipinski definition) is 4. The average Bonchev–Trinajstić information content (AvgIpc) is 3.43. The molecule has 0 radical (unpaired) electrons. The molecule has 47 heavy (non-hydrogen) atoms. The second-order valence-electron chi connectivity index (χ2n) is 13.4. The molecule has 2 amide bonds. The zero-order valence-electron chi connectivity index (χ0n) is 28.4. The van der Waals surface area contributed by atoms with Crippen molar-refractivity contribution in [2.24, 2.45) is 0 Å². The molecule has 248 valence electrons. The lowest BCUT2D eigenvalue weighted by Gasteiger charge is -2.27. The van der Waals surface area contributed by atoms with Crippen LogP contribution in [0.2, 0.25) is 0 Å². The Morgan fingerprint density at radius 3 is 1.51 bits per heavy atom. The number of amides is 2. The Bertz CT molecular complexity index is 1590. The number of carbonyl (C=O) groups excluding carboxylic acids is 2. The van der Waals surface area contributed by atoms with E-state index in [4.69, 9.17) is 0 Å². The summed E-state index contributed by atoms with van der Waals surface area (Å²) in [6.45, 7) is 14.3. The van der Waals surface area contributed by atoms with Gasteiger partial charge in [0.25, 0.3) is 0 Å². The number of nitrogens with one attached hydrogen (secondary N) is 2. The normalized spacial score (nSPS) is 21.4. The van der Waals surface area contributed by atoms with Crippen LogP contribution in [0.15, 0.2) is 95.4 Å². The molecule has 0 spiro atoms. The van der Waals surface area contributed by atoms with Crippen LogP contribution in [0.4, 0.5) is 11.4 Å². The van der Waals surface area contributed by atoms with Crippen LogP contribution in [0.3, 0.4) is 0 Å². The lowest BCUT2D eigenvalue weighted by Crippen LogP contribution is -2.40. The first kappa shape index (κ1) is 33.9. The molecular formula is C38H48N5O4+. The number of allylic oxidation sites excluding steroid dienone is 8. The van der Waals surface area contributed by atoms with Crippen LogP contribution < -0.4 is 20.8 Å². The van der Waals surface area contributed by atoms with Gasteiger partial charge in [0.2, 0.25) is 18.8 Å². The van der Waals surface area contributed by atoms with Crippen molar-refractivity contribution < 1.29 is 24.6 Å². The monoisotopic (exact) mass is 638 g/mol. The number of anilines is 2. The number of carbonyl (C=O) groups is 2. The van der Waals surface area contributed by atoms with Gasteiger partial charge in [-0.05, 0) is 68.5 Å². The van der Waals surface area contributed by atoms with Crippen LogP contribution in [0.5, 0.6) is 0 Å².